The second-order valence-corrected chi connectivity index (χ2v) is 24.6. The first kappa shape index (κ1) is 56.6. The molecule has 0 radical (unpaired) electrons. The Morgan fingerprint density at radius 2 is 0.916 bits per heavy atom. The summed E-state index contributed by atoms with van der Waals surface area (Å²) in [7, 11) is 0. The van der Waals surface area contributed by atoms with Crippen LogP contribution in [-0.2, 0) is 52.7 Å². The summed E-state index contributed by atoms with van der Waals surface area (Å²) in [6.45, 7) is 8.68. The number of piperazine rings is 2. The van der Waals surface area contributed by atoms with Gasteiger partial charge in [0.2, 0.25) is 0 Å². The maximum absolute atomic E-state index is 12.5. The Morgan fingerprint density at radius 3 is 1.31 bits per heavy atom. The molecule has 16 heteroatoms. The Hall–Kier alpha value is -6.91. The number of carbonyl (C=O) groups excluding carboxylic acids is 5. The highest BCUT2D eigenvalue weighted by Gasteiger charge is 2.36. The van der Waals surface area contributed by atoms with E-state index in [1.54, 1.807) is 12.4 Å². The van der Waals surface area contributed by atoms with Crippen molar-refractivity contribution in [1.29, 1.82) is 0 Å². The molecule has 7 fully saturated rings. The zero-order chi connectivity index (χ0) is 57.0. The maximum atomic E-state index is 12.5. The number of Topliss-reactive ketones (excluding diaryl/α,β-unsaturated/α-hetero) is 5. The lowest BCUT2D eigenvalue weighted by molar-refractivity contribution is -0.116. The quantitative estimate of drug-likeness (QED) is 0.0744. The molecular formula is C67H74ClN9O6. The Balaban J connectivity index is 0.000000116. The van der Waals surface area contributed by atoms with E-state index < -0.39 is 0 Å². The molecular weight excluding hydrogens is 1060 g/mol. The fraction of sp³-hybridized carbons (Fsp3) is 0.463. The minimum Gasteiger partial charge on any atom is -0.392 e. The van der Waals surface area contributed by atoms with E-state index in [4.69, 9.17) is 16.7 Å². The van der Waals surface area contributed by atoms with Crippen molar-refractivity contribution < 1.29 is 29.1 Å². The Morgan fingerprint density at radius 1 is 0.506 bits per heavy atom. The number of aliphatic hydroxyl groups excluding tert-OH is 1. The van der Waals surface area contributed by atoms with Crippen molar-refractivity contribution in [3.63, 3.8) is 0 Å². The van der Waals surface area contributed by atoms with Crippen LogP contribution in [0, 0.1) is 29.6 Å². The molecule has 0 spiro atoms. The smallest absolute Gasteiger partial charge is 0.181 e. The van der Waals surface area contributed by atoms with Gasteiger partial charge in [0.25, 0.3) is 0 Å². The molecule has 0 bridgehead atoms. The molecule has 5 saturated carbocycles. The van der Waals surface area contributed by atoms with E-state index >= 15 is 0 Å². The third kappa shape index (κ3) is 14.7. The molecule has 15 rings (SSSR count). The summed E-state index contributed by atoms with van der Waals surface area (Å²) >= 11 is 5.75. The number of nitrogens with one attached hydrogen (secondary N) is 1. The van der Waals surface area contributed by atoms with Gasteiger partial charge in [-0.1, -0.05) is 12.1 Å². The maximum Gasteiger partial charge on any atom is 0.181 e. The van der Waals surface area contributed by atoms with E-state index in [1.165, 1.54) is 31.2 Å². The molecule has 0 atom stereocenters. The number of rotatable bonds is 15. The van der Waals surface area contributed by atoms with Gasteiger partial charge in [-0.2, -0.15) is 0 Å². The molecule has 15 nitrogen and oxygen atoms in total. The van der Waals surface area contributed by atoms with E-state index in [0.29, 0.717) is 79.0 Å². The second-order valence-electron chi connectivity index (χ2n) is 24.3. The number of anilines is 2. The van der Waals surface area contributed by atoms with Gasteiger partial charge in [0.05, 0.1) is 47.5 Å². The van der Waals surface area contributed by atoms with Crippen LogP contribution in [0.15, 0.2) is 90.2 Å². The lowest BCUT2D eigenvalue weighted by Crippen LogP contribution is -2.46. The topological polar surface area (TPSA) is 192 Å². The van der Waals surface area contributed by atoms with Crippen molar-refractivity contribution >= 4 is 70.1 Å². The van der Waals surface area contributed by atoms with Crippen molar-refractivity contribution in [3.8, 4) is 0 Å². The number of carbonyl (C=O) groups is 5. The zero-order valence-electron chi connectivity index (χ0n) is 47.4. The zero-order valence-corrected chi connectivity index (χ0v) is 48.1. The molecule has 5 aromatic rings. The lowest BCUT2D eigenvalue weighted by Gasteiger charge is -2.36. The van der Waals surface area contributed by atoms with Crippen LogP contribution in [0.4, 0.5) is 11.4 Å². The van der Waals surface area contributed by atoms with Crippen LogP contribution in [0.5, 0.6) is 0 Å². The molecule has 2 aliphatic heterocycles. The van der Waals surface area contributed by atoms with Crippen LogP contribution in [0.2, 0.25) is 0 Å². The summed E-state index contributed by atoms with van der Waals surface area (Å²) in [5.74, 6) is 4.31. The minimum atomic E-state index is -0.0202. The minimum absolute atomic E-state index is 0.0202. The van der Waals surface area contributed by atoms with Gasteiger partial charge in [-0.05, 0) is 176 Å². The van der Waals surface area contributed by atoms with Crippen molar-refractivity contribution in [2.75, 3.05) is 62.2 Å². The first-order valence-corrected chi connectivity index (χ1v) is 30.8. The van der Waals surface area contributed by atoms with E-state index in [-0.39, 0.29) is 35.5 Å². The number of allylic oxidation sites excluding steroid dienone is 3. The van der Waals surface area contributed by atoms with Gasteiger partial charge in [0, 0.05) is 132 Å². The Kier molecular flexibility index (Phi) is 17.4. The van der Waals surface area contributed by atoms with Gasteiger partial charge in [-0.25, -0.2) is 0 Å². The SMILES string of the molecule is O=C(CC1CC1)c1ccc(N2CCNCC2)cn1.O=C1Cc2cc(CCl)cnc2C=C1C1CC1.O=C1Cc2cc(CN3CCN(c4ccc(C(=O)CC5CC5)nc4)CC3)cnc2C=C1C1CC1.O=C1Cc2cc(CO)cnc2C=C1C1CC1. The predicted octanol–water partition coefficient (Wildman–Crippen LogP) is 9.41. The molecule has 8 aliphatic carbocycles. The molecule has 0 unspecified atom stereocenters. The summed E-state index contributed by atoms with van der Waals surface area (Å²) in [6.07, 6.45) is 29.5. The van der Waals surface area contributed by atoms with Crippen molar-refractivity contribution in [1.82, 2.24) is 35.1 Å². The number of alkyl halides is 1. The number of pyridine rings is 5. The average Bonchev–Trinajstić information content (AvgIpc) is 4.33. The Labute approximate surface area is 491 Å². The van der Waals surface area contributed by atoms with E-state index in [9.17, 15) is 24.0 Å². The number of ketones is 5. The normalized spacial score (nSPS) is 20.1. The Bertz CT molecular complexity index is 3270. The monoisotopic (exact) mass is 1140 g/mol. The fourth-order valence-corrected chi connectivity index (χ4v) is 11.8. The first-order chi connectivity index (χ1) is 40.5. The van der Waals surface area contributed by atoms with Gasteiger partial charge in [0.15, 0.2) is 28.9 Å². The largest absolute Gasteiger partial charge is 0.392 e. The van der Waals surface area contributed by atoms with Crippen LogP contribution in [0.3, 0.4) is 0 Å². The molecule has 2 saturated heterocycles. The molecule has 83 heavy (non-hydrogen) atoms. The number of hydrogen-bond acceptors (Lipinski definition) is 15. The van der Waals surface area contributed by atoms with E-state index in [1.807, 2.05) is 73.2 Å². The lowest BCUT2D eigenvalue weighted by atomic mass is 9.91. The van der Waals surface area contributed by atoms with Crippen LogP contribution in [0.25, 0.3) is 18.2 Å². The van der Waals surface area contributed by atoms with Gasteiger partial charge in [-0.15, -0.1) is 11.6 Å². The first-order valence-electron chi connectivity index (χ1n) is 30.3. The number of fused-ring (bicyclic) bond motifs is 3. The van der Waals surface area contributed by atoms with Gasteiger partial charge >= 0.3 is 0 Å². The predicted molar refractivity (Wildman–Crippen MR) is 321 cm³/mol. The van der Waals surface area contributed by atoms with E-state index in [2.05, 4.69) is 51.0 Å². The van der Waals surface area contributed by atoms with Crippen molar-refractivity contribution in [3.05, 3.63) is 152 Å². The van der Waals surface area contributed by atoms with Gasteiger partial charge in [0.1, 0.15) is 11.4 Å². The summed E-state index contributed by atoms with van der Waals surface area (Å²) in [4.78, 5) is 89.6. The highest BCUT2D eigenvalue weighted by Crippen LogP contribution is 2.43. The molecule has 5 aromatic heterocycles. The number of hydrogen-bond donors (Lipinski definition) is 2. The van der Waals surface area contributed by atoms with Gasteiger partial charge < -0.3 is 20.2 Å². The second kappa shape index (κ2) is 25.5. The molecule has 0 amide bonds. The van der Waals surface area contributed by atoms with Crippen molar-refractivity contribution in [2.24, 2.45) is 29.6 Å². The summed E-state index contributed by atoms with van der Waals surface area (Å²) < 4.78 is 0. The number of nitrogens with zero attached hydrogens (tertiary/aromatic N) is 8. The van der Waals surface area contributed by atoms with Crippen LogP contribution >= 0.6 is 11.6 Å². The number of halogens is 1. The molecule has 10 aliphatic rings. The van der Waals surface area contributed by atoms with Crippen LogP contribution < -0.4 is 15.1 Å². The fourth-order valence-electron chi connectivity index (χ4n) is 11.7. The number of aromatic nitrogens is 5. The van der Waals surface area contributed by atoms with E-state index in [0.717, 1.165) is 170 Å². The molecule has 7 heterocycles. The highest BCUT2D eigenvalue weighted by atomic mass is 35.5. The van der Waals surface area contributed by atoms with Crippen molar-refractivity contribution in [2.45, 2.75) is 115 Å². The third-order valence-corrected chi connectivity index (χ3v) is 17.8. The van der Waals surface area contributed by atoms with Crippen LogP contribution in [-0.4, -0.2) is 116 Å². The van der Waals surface area contributed by atoms with Crippen LogP contribution in [0.1, 0.15) is 148 Å². The summed E-state index contributed by atoms with van der Waals surface area (Å²) in [5, 5.41) is 12.3. The summed E-state index contributed by atoms with van der Waals surface area (Å²) in [6, 6.07) is 13.9. The molecule has 430 valence electrons. The number of aliphatic hydroxyl groups is 1. The standard InChI is InChI=1S/C27H30N4O2.C14H19N3O.C13H12ClNO.C13H13NO2/c32-26-13-21-11-19(15-28-25(21)14-23(26)20-3-4-20)17-30-7-9-31(10-8-30)22-5-6-24(29-16-22)27(33)12-18-1-2-18;18-14(9-11-1-2-11)13-4-3-12(10-16-13)17-7-5-15-6-8-17;14-6-8-3-10-4-13(16)11(9-1-2-9)5-12(10)15-7-8;15-7-8-3-10-4-13(16)11(9-1-2-9)5-12(10)14-6-8/h5-6,11,14-16,18,20H,1-4,7-10,12-13,17H2;3-4,10-11,15H,1-2,5-9H2;3,5,7,9H,1-2,4,6H2;3,5-6,9,15H,1-2,4,7H2. The molecule has 2 N–H and O–H groups in total. The highest BCUT2D eigenvalue weighted by molar-refractivity contribution is 6.17. The molecule has 0 aromatic carbocycles. The third-order valence-electron chi connectivity index (χ3n) is 17.5. The summed E-state index contributed by atoms with van der Waals surface area (Å²) in [5.41, 5.74) is 15.2. The average molecular weight is 1140 g/mol. The van der Waals surface area contributed by atoms with Gasteiger partial charge in [-0.3, -0.25) is 53.8 Å².